The van der Waals surface area contributed by atoms with E-state index < -0.39 is 0 Å². The SMILES string of the molecule is CCCCCCCCCCC(CCCCCC)CC(C)(C)C. The monoisotopic (exact) mass is 310 g/mol. The van der Waals surface area contributed by atoms with E-state index in [0.717, 1.165) is 5.92 Å². The van der Waals surface area contributed by atoms with E-state index in [1.165, 1.54) is 96.3 Å². The van der Waals surface area contributed by atoms with Gasteiger partial charge in [0.25, 0.3) is 0 Å². The Balaban J connectivity index is 3.73. The molecule has 0 saturated heterocycles. The third-order valence-corrected chi connectivity index (χ3v) is 4.83. The largest absolute Gasteiger partial charge is 0.0654 e. The van der Waals surface area contributed by atoms with Crippen LogP contribution in [-0.4, -0.2) is 0 Å². The molecule has 0 N–H and O–H groups in total. The van der Waals surface area contributed by atoms with Crippen LogP contribution in [0.1, 0.15) is 131 Å². The van der Waals surface area contributed by atoms with Crippen LogP contribution in [-0.2, 0) is 0 Å². The Morgan fingerprint density at radius 1 is 0.545 bits per heavy atom. The van der Waals surface area contributed by atoms with E-state index in [1.807, 2.05) is 0 Å². The van der Waals surface area contributed by atoms with Gasteiger partial charge in [0.05, 0.1) is 0 Å². The van der Waals surface area contributed by atoms with Gasteiger partial charge >= 0.3 is 0 Å². The Morgan fingerprint density at radius 2 is 0.909 bits per heavy atom. The second-order valence-corrected chi connectivity index (χ2v) is 8.74. The molecule has 0 aliphatic heterocycles. The molecule has 0 fully saturated rings. The van der Waals surface area contributed by atoms with Gasteiger partial charge in [-0.05, 0) is 17.8 Å². The summed E-state index contributed by atoms with van der Waals surface area (Å²) in [5.41, 5.74) is 0.509. The number of hydrogen-bond donors (Lipinski definition) is 0. The molecule has 0 saturated carbocycles. The van der Waals surface area contributed by atoms with Crippen molar-refractivity contribution >= 4 is 0 Å². The zero-order valence-electron chi connectivity index (χ0n) is 16.7. The van der Waals surface area contributed by atoms with Crippen molar-refractivity contribution in [2.75, 3.05) is 0 Å². The normalized spacial score (nSPS) is 13.5. The molecule has 134 valence electrons. The molecule has 0 aromatic heterocycles. The summed E-state index contributed by atoms with van der Waals surface area (Å²) in [6.07, 6.45) is 21.7. The summed E-state index contributed by atoms with van der Waals surface area (Å²) in [4.78, 5) is 0. The molecule has 1 unspecified atom stereocenters. The molecule has 0 aliphatic carbocycles. The van der Waals surface area contributed by atoms with E-state index in [0.29, 0.717) is 5.41 Å². The van der Waals surface area contributed by atoms with Gasteiger partial charge in [0.15, 0.2) is 0 Å². The summed E-state index contributed by atoms with van der Waals surface area (Å²) in [6.45, 7) is 11.9. The Bertz CT molecular complexity index is 211. The number of unbranched alkanes of at least 4 members (excludes halogenated alkanes) is 10. The molecule has 0 spiro atoms. The molecular weight excluding hydrogens is 264 g/mol. The third kappa shape index (κ3) is 16.4. The number of rotatable bonds is 15. The second-order valence-electron chi connectivity index (χ2n) is 8.74. The zero-order chi connectivity index (χ0) is 16.7. The molecular formula is C22H46. The molecule has 0 heteroatoms. The van der Waals surface area contributed by atoms with E-state index in [4.69, 9.17) is 0 Å². The fraction of sp³-hybridized carbons (Fsp3) is 1.00. The van der Waals surface area contributed by atoms with Gasteiger partial charge in [0.1, 0.15) is 0 Å². The molecule has 0 heterocycles. The summed E-state index contributed by atoms with van der Waals surface area (Å²) in [5, 5.41) is 0. The highest BCUT2D eigenvalue weighted by Crippen LogP contribution is 2.31. The number of hydrogen-bond acceptors (Lipinski definition) is 0. The molecule has 0 radical (unpaired) electrons. The summed E-state index contributed by atoms with van der Waals surface area (Å²) >= 11 is 0. The van der Waals surface area contributed by atoms with Crippen molar-refractivity contribution in [2.24, 2.45) is 11.3 Å². The minimum absolute atomic E-state index is 0.509. The van der Waals surface area contributed by atoms with Gasteiger partial charge < -0.3 is 0 Å². The summed E-state index contributed by atoms with van der Waals surface area (Å²) in [6, 6.07) is 0. The van der Waals surface area contributed by atoms with Gasteiger partial charge in [-0.15, -0.1) is 0 Å². The highest BCUT2D eigenvalue weighted by atomic mass is 14.2. The van der Waals surface area contributed by atoms with Crippen molar-refractivity contribution in [2.45, 2.75) is 131 Å². The van der Waals surface area contributed by atoms with Crippen molar-refractivity contribution in [1.29, 1.82) is 0 Å². The predicted molar refractivity (Wildman–Crippen MR) is 104 cm³/mol. The van der Waals surface area contributed by atoms with E-state index in [-0.39, 0.29) is 0 Å². The highest BCUT2D eigenvalue weighted by molar-refractivity contribution is 4.70. The molecule has 0 rings (SSSR count). The van der Waals surface area contributed by atoms with Crippen LogP contribution in [0.2, 0.25) is 0 Å². The lowest BCUT2D eigenvalue weighted by Crippen LogP contribution is -2.13. The lowest BCUT2D eigenvalue weighted by Gasteiger charge is -2.26. The van der Waals surface area contributed by atoms with Crippen LogP contribution in [0.5, 0.6) is 0 Å². The summed E-state index contributed by atoms with van der Waals surface area (Å²) in [7, 11) is 0. The third-order valence-electron chi connectivity index (χ3n) is 4.83. The van der Waals surface area contributed by atoms with E-state index >= 15 is 0 Å². The van der Waals surface area contributed by atoms with E-state index in [2.05, 4.69) is 34.6 Å². The minimum atomic E-state index is 0.509. The summed E-state index contributed by atoms with van der Waals surface area (Å²) in [5.74, 6) is 0.983. The van der Waals surface area contributed by atoms with Gasteiger partial charge in [0, 0.05) is 0 Å². The Labute approximate surface area is 142 Å². The summed E-state index contributed by atoms with van der Waals surface area (Å²) < 4.78 is 0. The Hall–Kier alpha value is 0. The first-order chi connectivity index (χ1) is 10.5. The Morgan fingerprint density at radius 3 is 1.32 bits per heavy atom. The van der Waals surface area contributed by atoms with Crippen molar-refractivity contribution in [3.63, 3.8) is 0 Å². The van der Waals surface area contributed by atoms with E-state index in [9.17, 15) is 0 Å². The van der Waals surface area contributed by atoms with Gasteiger partial charge in [-0.25, -0.2) is 0 Å². The maximum atomic E-state index is 2.42. The molecule has 0 aliphatic rings. The topological polar surface area (TPSA) is 0 Å². The average molecular weight is 311 g/mol. The van der Waals surface area contributed by atoms with Gasteiger partial charge in [-0.1, -0.05) is 125 Å². The first-order valence-corrected chi connectivity index (χ1v) is 10.5. The lowest BCUT2D eigenvalue weighted by molar-refractivity contribution is 0.260. The molecule has 0 bridgehead atoms. The Kier molecular flexibility index (Phi) is 14.6. The van der Waals surface area contributed by atoms with Crippen molar-refractivity contribution < 1.29 is 0 Å². The molecule has 0 amide bonds. The average Bonchev–Trinajstić information content (AvgIpc) is 2.44. The van der Waals surface area contributed by atoms with Crippen molar-refractivity contribution in [3.05, 3.63) is 0 Å². The van der Waals surface area contributed by atoms with Crippen LogP contribution in [0.4, 0.5) is 0 Å². The van der Waals surface area contributed by atoms with Crippen LogP contribution >= 0.6 is 0 Å². The first-order valence-electron chi connectivity index (χ1n) is 10.5. The van der Waals surface area contributed by atoms with Crippen LogP contribution in [0.15, 0.2) is 0 Å². The van der Waals surface area contributed by atoms with Crippen LogP contribution in [0.3, 0.4) is 0 Å². The lowest BCUT2D eigenvalue weighted by atomic mass is 9.80. The second kappa shape index (κ2) is 14.6. The fourth-order valence-corrected chi connectivity index (χ4v) is 3.64. The maximum absolute atomic E-state index is 2.42. The first kappa shape index (κ1) is 22.0. The molecule has 0 nitrogen and oxygen atoms in total. The molecule has 22 heavy (non-hydrogen) atoms. The van der Waals surface area contributed by atoms with Crippen molar-refractivity contribution in [3.8, 4) is 0 Å². The maximum Gasteiger partial charge on any atom is -0.0380 e. The zero-order valence-corrected chi connectivity index (χ0v) is 16.7. The van der Waals surface area contributed by atoms with Crippen LogP contribution < -0.4 is 0 Å². The van der Waals surface area contributed by atoms with Crippen molar-refractivity contribution in [1.82, 2.24) is 0 Å². The standard InChI is InChI=1S/C22H46/c1-6-8-10-12-13-14-15-17-19-21(20-22(3,4)5)18-16-11-9-7-2/h21H,6-20H2,1-5H3. The molecule has 0 aromatic rings. The van der Waals surface area contributed by atoms with Crippen LogP contribution in [0.25, 0.3) is 0 Å². The highest BCUT2D eigenvalue weighted by Gasteiger charge is 2.18. The van der Waals surface area contributed by atoms with Gasteiger partial charge in [-0.3, -0.25) is 0 Å². The fourth-order valence-electron chi connectivity index (χ4n) is 3.64. The molecule has 0 aromatic carbocycles. The smallest absolute Gasteiger partial charge is 0.0380 e. The van der Waals surface area contributed by atoms with Crippen LogP contribution in [0, 0.1) is 11.3 Å². The minimum Gasteiger partial charge on any atom is -0.0654 e. The predicted octanol–water partition coefficient (Wildman–Crippen LogP) is 8.54. The quantitative estimate of drug-likeness (QED) is 0.266. The van der Waals surface area contributed by atoms with Gasteiger partial charge in [0.2, 0.25) is 0 Å². The molecule has 1 atom stereocenters. The van der Waals surface area contributed by atoms with E-state index in [1.54, 1.807) is 0 Å². The van der Waals surface area contributed by atoms with Gasteiger partial charge in [-0.2, -0.15) is 0 Å².